The number of hydrogen-bond acceptors (Lipinski definition) is 3. The molecule has 5 nitrogen and oxygen atoms in total. The summed E-state index contributed by atoms with van der Waals surface area (Å²) in [6.07, 6.45) is 0.626. The summed E-state index contributed by atoms with van der Waals surface area (Å²) in [5, 5.41) is 16.0. The number of aliphatic hydroxyl groups is 1. The molecule has 3 rings (SSSR count). The number of anilines is 1. The first-order valence-electron chi connectivity index (χ1n) is 7.69. The molecule has 1 saturated carbocycles. The van der Waals surface area contributed by atoms with Crippen molar-refractivity contribution in [2.75, 3.05) is 5.32 Å². The largest absolute Gasteiger partial charge is 0.378 e. The van der Waals surface area contributed by atoms with Crippen molar-refractivity contribution in [1.29, 1.82) is 0 Å². The molecule has 2 aromatic carbocycles. The molecular formula is C18H17ClN2O3. The predicted octanol–water partition coefficient (Wildman–Crippen LogP) is 2.90. The topological polar surface area (TPSA) is 78.4 Å². The first kappa shape index (κ1) is 16.5. The maximum absolute atomic E-state index is 12.2. The van der Waals surface area contributed by atoms with Crippen molar-refractivity contribution >= 4 is 29.1 Å². The third kappa shape index (κ3) is 3.93. The molecule has 0 saturated heterocycles. The van der Waals surface area contributed by atoms with E-state index in [1.807, 2.05) is 0 Å². The third-order valence-corrected chi connectivity index (χ3v) is 4.10. The second-order valence-corrected chi connectivity index (χ2v) is 6.15. The van der Waals surface area contributed by atoms with E-state index in [1.165, 1.54) is 0 Å². The number of carbonyl (C=O) groups excluding carboxylic acids is 2. The van der Waals surface area contributed by atoms with Gasteiger partial charge in [0.2, 0.25) is 0 Å². The highest BCUT2D eigenvalue weighted by Gasteiger charge is 2.24. The second-order valence-electron chi connectivity index (χ2n) is 5.74. The number of carbonyl (C=O) groups is 2. The lowest BCUT2D eigenvalue weighted by molar-refractivity contribution is -0.124. The summed E-state index contributed by atoms with van der Waals surface area (Å²) in [6, 6.07) is 13.5. The van der Waals surface area contributed by atoms with Crippen molar-refractivity contribution in [3.05, 3.63) is 64.7 Å². The molecule has 124 valence electrons. The highest BCUT2D eigenvalue weighted by atomic mass is 35.5. The van der Waals surface area contributed by atoms with Gasteiger partial charge in [0.1, 0.15) is 0 Å². The van der Waals surface area contributed by atoms with Gasteiger partial charge in [0.25, 0.3) is 11.8 Å². The van der Waals surface area contributed by atoms with E-state index in [0.717, 1.165) is 12.8 Å². The van der Waals surface area contributed by atoms with Crippen LogP contribution in [0, 0.1) is 0 Å². The first-order valence-corrected chi connectivity index (χ1v) is 8.06. The van der Waals surface area contributed by atoms with Crippen LogP contribution in [0.1, 0.15) is 34.9 Å². The molecule has 0 radical (unpaired) electrons. The number of nitrogens with one attached hydrogen (secondary N) is 2. The summed E-state index contributed by atoms with van der Waals surface area (Å²) < 4.78 is 0. The Labute approximate surface area is 144 Å². The maximum Gasteiger partial charge on any atom is 0.257 e. The normalized spacial score (nSPS) is 14.8. The molecule has 0 aromatic heterocycles. The van der Waals surface area contributed by atoms with Crippen LogP contribution in [0.3, 0.4) is 0 Å². The van der Waals surface area contributed by atoms with Gasteiger partial charge in [-0.15, -0.1) is 0 Å². The van der Waals surface area contributed by atoms with Crippen LogP contribution in [-0.2, 0) is 4.79 Å². The number of halogens is 1. The molecule has 0 spiro atoms. The van der Waals surface area contributed by atoms with Gasteiger partial charge in [-0.1, -0.05) is 35.9 Å². The Bertz CT molecular complexity index is 774. The van der Waals surface area contributed by atoms with Crippen molar-refractivity contribution in [3.63, 3.8) is 0 Å². The lowest BCUT2D eigenvalue weighted by atomic mass is 10.1. The first-order chi connectivity index (χ1) is 11.5. The Morgan fingerprint density at radius 1 is 1.12 bits per heavy atom. The zero-order valence-electron chi connectivity index (χ0n) is 12.8. The van der Waals surface area contributed by atoms with Crippen LogP contribution in [-0.4, -0.2) is 23.0 Å². The van der Waals surface area contributed by atoms with Crippen molar-refractivity contribution in [2.45, 2.75) is 25.0 Å². The second kappa shape index (κ2) is 7.03. The SMILES string of the molecule is O=C(NC1CC1)c1cccc(NC(=O)[C@H](O)c2ccccc2Cl)c1. The molecule has 0 heterocycles. The van der Waals surface area contributed by atoms with Gasteiger partial charge < -0.3 is 15.7 Å². The van der Waals surface area contributed by atoms with Crippen LogP contribution in [0.25, 0.3) is 0 Å². The van der Waals surface area contributed by atoms with Gasteiger partial charge in [-0.3, -0.25) is 9.59 Å². The van der Waals surface area contributed by atoms with Crippen molar-refractivity contribution in [2.24, 2.45) is 0 Å². The maximum atomic E-state index is 12.2. The lowest BCUT2D eigenvalue weighted by Gasteiger charge is -2.13. The molecule has 0 aliphatic heterocycles. The fraction of sp³-hybridized carbons (Fsp3) is 0.222. The molecule has 2 amide bonds. The van der Waals surface area contributed by atoms with E-state index < -0.39 is 12.0 Å². The zero-order chi connectivity index (χ0) is 17.1. The predicted molar refractivity (Wildman–Crippen MR) is 92.0 cm³/mol. The van der Waals surface area contributed by atoms with Gasteiger partial charge in [-0.2, -0.15) is 0 Å². The highest BCUT2D eigenvalue weighted by Crippen LogP contribution is 2.24. The minimum Gasteiger partial charge on any atom is -0.378 e. The van der Waals surface area contributed by atoms with E-state index >= 15 is 0 Å². The Balaban J connectivity index is 1.70. The van der Waals surface area contributed by atoms with Gasteiger partial charge in [0.05, 0.1) is 0 Å². The van der Waals surface area contributed by atoms with Crippen molar-refractivity contribution < 1.29 is 14.7 Å². The summed E-state index contributed by atoms with van der Waals surface area (Å²) in [4.78, 5) is 24.3. The van der Waals surface area contributed by atoms with E-state index in [2.05, 4.69) is 10.6 Å². The molecular weight excluding hydrogens is 328 g/mol. The van der Waals surface area contributed by atoms with Gasteiger partial charge >= 0.3 is 0 Å². The van der Waals surface area contributed by atoms with Crippen LogP contribution in [0.5, 0.6) is 0 Å². The molecule has 2 aromatic rings. The minimum absolute atomic E-state index is 0.166. The molecule has 24 heavy (non-hydrogen) atoms. The fourth-order valence-corrected chi connectivity index (χ4v) is 2.52. The Morgan fingerprint density at radius 2 is 1.88 bits per heavy atom. The number of amides is 2. The molecule has 1 aliphatic rings. The third-order valence-electron chi connectivity index (χ3n) is 3.75. The quantitative estimate of drug-likeness (QED) is 0.780. The van der Waals surface area contributed by atoms with Crippen LogP contribution in [0.4, 0.5) is 5.69 Å². The van der Waals surface area contributed by atoms with Crippen LogP contribution >= 0.6 is 11.6 Å². The average Bonchev–Trinajstić information content (AvgIpc) is 3.39. The van der Waals surface area contributed by atoms with Crippen LogP contribution in [0.15, 0.2) is 48.5 Å². The fourth-order valence-electron chi connectivity index (χ4n) is 2.28. The number of rotatable bonds is 5. The van der Waals surface area contributed by atoms with Gasteiger partial charge in [-0.05, 0) is 37.1 Å². The van der Waals surface area contributed by atoms with E-state index in [1.54, 1.807) is 48.5 Å². The minimum atomic E-state index is -1.39. The zero-order valence-corrected chi connectivity index (χ0v) is 13.6. The number of benzene rings is 2. The molecule has 3 N–H and O–H groups in total. The van der Waals surface area contributed by atoms with E-state index in [9.17, 15) is 14.7 Å². The summed E-state index contributed by atoms with van der Waals surface area (Å²) in [7, 11) is 0. The summed E-state index contributed by atoms with van der Waals surface area (Å²) in [5.74, 6) is -0.775. The highest BCUT2D eigenvalue weighted by molar-refractivity contribution is 6.31. The Hall–Kier alpha value is -2.37. The molecule has 6 heteroatoms. The lowest BCUT2D eigenvalue weighted by Crippen LogP contribution is -2.25. The standard InChI is InChI=1S/C18H17ClN2O3/c19-15-7-2-1-6-14(15)16(22)18(24)21-13-5-3-4-11(10-13)17(23)20-12-8-9-12/h1-7,10,12,16,22H,8-9H2,(H,20,23)(H,21,24)/t16-/m1/s1. The van der Waals surface area contributed by atoms with E-state index in [-0.39, 0.29) is 11.9 Å². The summed E-state index contributed by atoms with van der Waals surface area (Å²) in [6.45, 7) is 0. The van der Waals surface area contributed by atoms with Crippen LogP contribution in [0.2, 0.25) is 5.02 Å². The Kier molecular flexibility index (Phi) is 4.83. The van der Waals surface area contributed by atoms with Gasteiger partial charge in [-0.25, -0.2) is 0 Å². The van der Waals surface area contributed by atoms with Crippen molar-refractivity contribution in [1.82, 2.24) is 5.32 Å². The van der Waals surface area contributed by atoms with Gasteiger partial charge in [0, 0.05) is 27.9 Å². The van der Waals surface area contributed by atoms with Gasteiger partial charge in [0.15, 0.2) is 6.10 Å². The molecule has 0 bridgehead atoms. The van der Waals surface area contributed by atoms with E-state index in [4.69, 9.17) is 11.6 Å². The van der Waals surface area contributed by atoms with Crippen molar-refractivity contribution in [3.8, 4) is 0 Å². The average molecular weight is 345 g/mol. The summed E-state index contributed by atoms with van der Waals surface area (Å²) in [5.41, 5.74) is 1.24. The summed E-state index contributed by atoms with van der Waals surface area (Å²) >= 11 is 5.99. The van der Waals surface area contributed by atoms with E-state index in [0.29, 0.717) is 21.8 Å². The Morgan fingerprint density at radius 3 is 2.58 bits per heavy atom. The molecule has 0 unspecified atom stereocenters. The molecule has 1 atom stereocenters. The molecule has 1 fully saturated rings. The number of aliphatic hydroxyl groups excluding tert-OH is 1. The monoisotopic (exact) mass is 344 g/mol. The number of hydrogen-bond donors (Lipinski definition) is 3. The van der Waals surface area contributed by atoms with Crippen LogP contribution < -0.4 is 10.6 Å². The molecule has 1 aliphatic carbocycles. The smallest absolute Gasteiger partial charge is 0.257 e.